The van der Waals surface area contributed by atoms with E-state index in [1.54, 1.807) is 0 Å². The summed E-state index contributed by atoms with van der Waals surface area (Å²) in [5, 5.41) is 6.82. The molecule has 0 aromatic heterocycles. The van der Waals surface area contributed by atoms with E-state index in [0.717, 1.165) is 58.1 Å². The van der Waals surface area contributed by atoms with E-state index >= 15 is 0 Å². The van der Waals surface area contributed by atoms with E-state index in [9.17, 15) is 0 Å². The van der Waals surface area contributed by atoms with Crippen molar-refractivity contribution in [2.75, 3.05) is 44.8 Å². The van der Waals surface area contributed by atoms with Crippen molar-refractivity contribution in [2.24, 2.45) is 4.99 Å². The van der Waals surface area contributed by atoms with Crippen molar-refractivity contribution in [3.8, 4) is 0 Å². The first-order valence-electron chi connectivity index (χ1n) is 9.13. The third kappa shape index (κ3) is 7.01. The smallest absolute Gasteiger partial charge is 0.191 e. The van der Waals surface area contributed by atoms with Gasteiger partial charge in [-0.15, -0.1) is 24.0 Å². The molecular formula is C19H33IN4O. The number of nitrogens with zero attached hydrogens (tertiary/aromatic N) is 2. The Kier molecular flexibility index (Phi) is 10.9. The first kappa shape index (κ1) is 22.0. The van der Waals surface area contributed by atoms with Gasteiger partial charge in [-0.05, 0) is 44.7 Å². The van der Waals surface area contributed by atoms with E-state index in [1.165, 1.54) is 11.3 Å². The molecule has 1 aliphatic heterocycles. The molecule has 142 valence electrons. The third-order valence-corrected chi connectivity index (χ3v) is 4.46. The number of hydrogen-bond donors (Lipinski definition) is 2. The van der Waals surface area contributed by atoms with Crippen LogP contribution in [0.5, 0.6) is 0 Å². The Morgan fingerprint density at radius 1 is 1.28 bits per heavy atom. The summed E-state index contributed by atoms with van der Waals surface area (Å²) in [6.07, 6.45) is 3.32. The highest BCUT2D eigenvalue weighted by Gasteiger charge is 2.22. The highest BCUT2D eigenvalue weighted by atomic mass is 127. The van der Waals surface area contributed by atoms with Crippen LogP contribution in [0.3, 0.4) is 0 Å². The van der Waals surface area contributed by atoms with Gasteiger partial charge in [-0.25, -0.2) is 0 Å². The van der Waals surface area contributed by atoms with Crippen LogP contribution >= 0.6 is 24.0 Å². The number of fused-ring (bicyclic) bond motifs is 1. The van der Waals surface area contributed by atoms with Crippen molar-refractivity contribution in [3.05, 3.63) is 29.8 Å². The van der Waals surface area contributed by atoms with Crippen LogP contribution < -0.4 is 15.5 Å². The van der Waals surface area contributed by atoms with Gasteiger partial charge in [0.05, 0.1) is 0 Å². The fourth-order valence-electron chi connectivity index (χ4n) is 3.08. The molecule has 0 bridgehead atoms. The maximum Gasteiger partial charge on any atom is 0.191 e. The summed E-state index contributed by atoms with van der Waals surface area (Å²) in [5.74, 6) is 0.880. The van der Waals surface area contributed by atoms with Crippen molar-refractivity contribution in [2.45, 2.75) is 39.2 Å². The van der Waals surface area contributed by atoms with Crippen molar-refractivity contribution < 1.29 is 4.74 Å². The van der Waals surface area contributed by atoms with Gasteiger partial charge in [0.15, 0.2) is 5.96 Å². The molecule has 1 aliphatic rings. The van der Waals surface area contributed by atoms with E-state index in [1.807, 2.05) is 14.0 Å². The molecule has 1 aromatic rings. The van der Waals surface area contributed by atoms with Crippen molar-refractivity contribution in [1.29, 1.82) is 0 Å². The molecule has 0 amide bonds. The summed E-state index contributed by atoms with van der Waals surface area (Å²) < 4.78 is 5.35. The molecular weight excluding hydrogens is 427 g/mol. The lowest BCUT2D eigenvalue weighted by Gasteiger charge is -2.28. The van der Waals surface area contributed by atoms with E-state index in [4.69, 9.17) is 4.74 Å². The Morgan fingerprint density at radius 3 is 2.84 bits per heavy atom. The topological polar surface area (TPSA) is 48.9 Å². The molecule has 1 aromatic carbocycles. The fourth-order valence-corrected chi connectivity index (χ4v) is 3.08. The first-order chi connectivity index (χ1) is 11.8. The summed E-state index contributed by atoms with van der Waals surface area (Å²) in [4.78, 5) is 6.79. The summed E-state index contributed by atoms with van der Waals surface area (Å²) >= 11 is 0. The molecule has 2 rings (SSSR count). The number of para-hydroxylation sites is 1. The van der Waals surface area contributed by atoms with Crippen LogP contribution in [0, 0.1) is 0 Å². The maximum absolute atomic E-state index is 5.35. The minimum absolute atomic E-state index is 0. The Hall–Kier alpha value is -1.02. The Balaban J connectivity index is 0.00000312. The van der Waals surface area contributed by atoms with Gasteiger partial charge in [-0.3, -0.25) is 4.99 Å². The number of halogens is 1. The number of guanidine groups is 1. The highest BCUT2D eigenvalue weighted by molar-refractivity contribution is 14.0. The van der Waals surface area contributed by atoms with Crippen LogP contribution in [0.2, 0.25) is 0 Å². The average molecular weight is 460 g/mol. The number of benzene rings is 1. The standard InChI is InChI=1S/C19H32N4O.HI/c1-4-24-14-8-7-12-21-19(20-3)22-15-16(2)23-13-11-17-9-5-6-10-18(17)23;/h5-6,9-10,16H,4,7-8,11-15H2,1-3H3,(H2,20,21,22);1H. The Labute approximate surface area is 169 Å². The van der Waals surface area contributed by atoms with Crippen molar-refractivity contribution >= 4 is 35.6 Å². The second kappa shape index (κ2) is 12.4. The van der Waals surface area contributed by atoms with E-state index in [-0.39, 0.29) is 24.0 Å². The van der Waals surface area contributed by atoms with E-state index < -0.39 is 0 Å². The van der Waals surface area contributed by atoms with Crippen LogP contribution in [-0.4, -0.2) is 51.9 Å². The van der Waals surface area contributed by atoms with Gasteiger partial charge < -0.3 is 20.3 Å². The van der Waals surface area contributed by atoms with Gasteiger partial charge in [-0.1, -0.05) is 18.2 Å². The van der Waals surface area contributed by atoms with Gasteiger partial charge in [0, 0.05) is 51.6 Å². The molecule has 0 fully saturated rings. The molecule has 0 aliphatic carbocycles. The van der Waals surface area contributed by atoms with Gasteiger partial charge in [0.25, 0.3) is 0 Å². The van der Waals surface area contributed by atoms with Gasteiger partial charge >= 0.3 is 0 Å². The largest absolute Gasteiger partial charge is 0.382 e. The highest BCUT2D eigenvalue weighted by Crippen LogP contribution is 2.28. The van der Waals surface area contributed by atoms with Crippen LogP contribution in [0.1, 0.15) is 32.3 Å². The van der Waals surface area contributed by atoms with Gasteiger partial charge in [0.1, 0.15) is 0 Å². The second-order valence-electron chi connectivity index (χ2n) is 6.21. The first-order valence-corrected chi connectivity index (χ1v) is 9.13. The maximum atomic E-state index is 5.35. The monoisotopic (exact) mass is 460 g/mol. The predicted octanol–water partition coefficient (Wildman–Crippen LogP) is 3.04. The van der Waals surface area contributed by atoms with Crippen LogP contribution in [0.15, 0.2) is 29.3 Å². The predicted molar refractivity (Wildman–Crippen MR) is 117 cm³/mol. The Morgan fingerprint density at radius 2 is 2.08 bits per heavy atom. The van der Waals surface area contributed by atoms with Crippen molar-refractivity contribution in [3.63, 3.8) is 0 Å². The second-order valence-corrected chi connectivity index (χ2v) is 6.21. The molecule has 25 heavy (non-hydrogen) atoms. The fraction of sp³-hybridized carbons (Fsp3) is 0.632. The zero-order valence-corrected chi connectivity index (χ0v) is 18.1. The van der Waals surface area contributed by atoms with Crippen LogP contribution in [-0.2, 0) is 11.2 Å². The molecule has 1 heterocycles. The van der Waals surface area contributed by atoms with Gasteiger partial charge in [0.2, 0.25) is 0 Å². The molecule has 0 saturated carbocycles. The number of anilines is 1. The third-order valence-electron chi connectivity index (χ3n) is 4.46. The van der Waals surface area contributed by atoms with E-state index in [2.05, 4.69) is 51.7 Å². The average Bonchev–Trinajstić information content (AvgIpc) is 3.04. The normalized spacial score (nSPS) is 14.7. The summed E-state index contributed by atoms with van der Waals surface area (Å²) in [6, 6.07) is 9.15. The molecule has 1 atom stereocenters. The molecule has 2 N–H and O–H groups in total. The zero-order chi connectivity index (χ0) is 17.2. The minimum atomic E-state index is 0. The molecule has 0 saturated heterocycles. The lowest BCUT2D eigenvalue weighted by atomic mass is 10.2. The van der Waals surface area contributed by atoms with Crippen LogP contribution in [0.25, 0.3) is 0 Å². The zero-order valence-electron chi connectivity index (χ0n) is 15.8. The Bertz CT molecular complexity index is 524. The van der Waals surface area contributed by atoms with Gasteiger partial charge in [-0.2, -0.15) is 0 Å². The molecule has 0 spiro atoms. The lowest BCUT2D eigenvalue weighted by Crippen LogP contribution is -2.45. The number of rotatable bonds is 9. The minimum Gasteiger partial charge on any atom is -0.382 e. The number of aliphatic imine (C=N–C) groups is 1. The SMILES string of the molecule is CCOCCCCNC(=NC)NCC(C)N1CCc2ccccc21.I. The van der Waals surface area contributed by atoms with Crippen molar-refractivity contribution in [1.82, 2.24) is 10.6 Å². The lowest BCUT2D eigenvalue weighted by molar-refractivity contribution is 0.143. The number of hydrogen-bond acceptors (Lipinski definition) is 3. The quantitative estimate of drug-likeness (QED) is 0.258. The molecule has 0 radical (unpaired) electrons. The molecule has 6 heteroatoms. The summed E-state index contributed by atoms with van der Waals surface area (Å²) in [7, 11) is 1.82. The number of ether oxygens (including phenoxy) is 1. The summed E-state index contributed by atoms with van der Waals surface area (Å²) in [6.45, 7) is 8.85. The number of unbranched alkanes of at least 4 members (excludes halogenated alkanes) is 1. The summed E-state index contributed by atoms with van der Waals surface area (Å²) in [5.41, 5.74) is 2.84. The molecule has 5 nitrogen and oxygen atoms in total. The van der Waals surface area contributed by atoms with E-state index in [0.29, 0.717) is 6.04 Å². The van der Waals surface area contributed by atoms with Crippen LogP contribution in [0.4, 0.5) is 5.69 Å². The number of nitrogens with one attached hydrogen (secondary N) is 2. The molecule has 1 unspecified atom stereocenters.